The minimum atomic E-state index is -4.36. The number of hydrogen-bond acceptors (Lipinski definition) is 9. The van der Waals surface area contributed by atoms with E-state index in [1.165, 1.54) is 29.8 Å². The van der Waals surface area contributed by atoms with Crippen molar-refractivity contribution in [2.75, 3.05) is 36.4 Å². The van der Waals surface area contributed by atoms with E-state index in [1.807, 2.05) is 4.90 Å². The number of halogens is 2. The average Bonchev–Trinajstić information content (AvgIpc) is 3.36. The highest BCUT2D eigenvalue weighted by Crippen LogP contribution is 2.38. The van der Waals surface area contributed by atoms with Crippen molar-refractivity contribution in [3.63, 3.8) is 0 Å². The maximum Gasteiger partial charge on any atom is 0.328 e. The number of alkyl halides is 2. The Hall–Kier alpha value is -2.86. The molecule has 1 atom stereocenters. The first kappa shape index (κ1) is 28.7. The molecule has 0 radical (unpaired) electrons. The third-order valence-corrected chi connectivity index (χ3v) is 7.99. The van der Waals surface area contributed by atoms with E-state index in [-0.39, 0.29) is 29.3 Å². The van der Waals surface area contributed by atoms with Crippen LogP contribution in [0.15, 0.2) is 66.7 Å². The number of rotatable bonds is 15. The third-order valence-electron chi connectivity index (χ3n) is 5.23. The van der Waals surface area contributed by atoms with Gasteiger partial charge < -0.3 is 13.8 Å². The quantitative estimate of drug-likeness (QED) is 0.0745. The van der Waals surface area contributed by atoms with Gasteiger partial charge in [-0.2, -0.15) is 8.42 Å². The van der Waals surface area contributed by atoms with E-state index in [9.17, 15) is 18.5 Å². The summed E-state index contributed by atoms with van der Waals surface area (Å²) in [5.41, 5.74) is 1.40. The number of ether oxygens (including phenoxy) is 1. The zero-order valence-corrected chi connectivity index (χ0v) is 22.8. The fourth-order valence-electron chi connectivity index (χ4n) is 3.53. The summed E-state index contributed by atoms with van der Waals surface area (Å²) in [4.78, 5) is 17.1. The first-order valence-corrected chi connectivity index (χ1v) is 14.5. The summed E-state index contributed by atoms with van der Waals surface area (Å²) in [5, 5.41) is 11.5. The average molecular weight is 587 g/mol. The predicted octanol–water partition coefficient (Wildman–Crippen LogP) is 5.59. The van der Waals surface area contributed by atoms with Gasteiger partial charge in [-0.25, -0.2) is 4.98 Å². The standard InChI is InChI=1S/C24H25Cl2N3O6S2/c1-2-14-34-23-8-3-18(17-27-23)16-22(21-9-15-36-24(21)29(30)31)37(32,33)35-20-6-4-19(5-7-20)28(12-10-25)13-11-26/h2-9,15,17,22H,1,10-14,16H2. The molecule has 3 aromatic rings. The molecule has 9 nitrogen and oxygen atoms in total. The van der Waals surface area contributed by atoms with Gasteiger partial charge in [0.15, 0.2) is 0 Å². The van der Waals surface area contributed by atoms with Gasteiger partial charge in [-0.15, -0.1) is 23.2 Å². The molecule has 0 fully saturated rings. The summed E-state index contributed by atoms with van der Waals surface area (Å²) in [7, 11) is -4.36. The molecule has 13 heteroatoms. The van der Waals surface area contributed by atoms with Gasteiger partial charge in [-0.3, -0.25) is 10.1 Å². The van der Waals surface area contributed by atoms with Crippen LogP contribution in [0.1, 0.15) is 16.4 Å². The fraction of sp³-hybridized carbons (Fsp3) is 0.292. The highest BCUT2D eigenvalue weighted by Gasteiger charge is 2.36. The zero-order valence-electron chi connectivity index (χ0n) is 19.7. The summed E-state index contributed by atoms with van der Waals surface area (Å²) < 4.78 is 37.8. The van der Waals surface area contributed by atoms with Crippen LogP contribution >= 0.6 is 34.5 Å². The number of anilines is 1. The molecule has 1 unspecified atom stereocenters. The summed E-state index contributed by atoms with van der Waals surface area (Å²) in [6, 6.07) is 11.1. The minimum absolute atomic E-state index is 0.0500. The fourth-order valence-corrected chi connectivity index (χ4v) is 6.18. The van der Waals surface area contributed by atoms with Crippen molar-refractivity contribution in [3.05, 3.63) is 87.9 Å². The normalized spacial score (nSPS) is 12.1. The highest BCUT2D eigenvalue weighted by molar-refractivity contribution is 7.87. The number of hydrogen-bond donors (Lipinski definition) is 0. The van der Waals surface area contributed by atoms with E-state index >= 15 is 0 Å². The number of nitro groups is 1. The first-order valence-electron chi connectivity index (χ1n) is 11.1. The predicted molar refractivity (Wildman–Crippen MR) is 147 cm³/mol. The molecule has 198 valence electrons. The highest BCUT2D eigenvalue weighted by atomic mass is 35.5. The van der Waals surface area contributed by atoms with Gasteiger partial charge in [0, 0.05) is 42.8 Å². The molecule has 0 aliphatic rings. The van der Waals surface area contributed by atoms with E-state index < -0.39 is 20.3 Å². The summed E-state index contributed by atoms with van der Waals surface area (Å²) in [6.45, 7) is 4.99. The number of pyridine rings is 1. The van der Waals surface area contributed by atoms with Crippen LogP contribution in [0.25, 0.3) is 0 Å². The third kappa shape index (κ3) is 7.81. The van der Waals surface area contributed by atoms with Crippen LogP contribution in [0.3, 0.4) is 0 Å². The molecule has 3 rings (SSSR count). The van der Waals surface area contributed by atoms with E-state index in [0.717, 1.165) is 17.0 Å². The van der Waals surface area contributed by atoms with E-state index in [1.54, 1.807) is 30.3 Å². The Bertz CT molecular complexity index is 1280. The van der Waals surface area contributed by atoms with Crippen molar-refractivity contribution < 1.29 is 22.3 Å². The van der Waals surface area contributed by atoms with Crippen molar-refractivity contribution >= 4 is 55.3 Å². The number of nitrogens with zero attached hydrogens (tertiary/aromatic N) is 3. The van der Waals surface area contributed by atoms with Crippen LogP contribution in [0.2, 0.25) is 0 Å². The molecule has 0 saturated carbocycles. The van der Waals surface area contributed by atoms with Crippen LogP contribution in [-0.4, -0.2) is 49.8 Å². The molecule has 0 aliphatic carbocycles. The molecule has 0 N–H and O–H groups in total. The molecular weight excluding hydrogens is 561 g/mol. The molecule has 37 heavy (non-hydrogen) atoms. The van der Waals surface area contributed by atoms with Crippen molar-refractivity contribution in [2.24, 2.45) is 0 Å². The second-order valence-electron chi connectivity index (χ2n) is 7.67. The zero-order chi connectivity index (χ0) is 26.8. The van der Waals surface area contributed by atoms with Crippen molar-refractivity contribution in [2.45, 2.75) is 11.7 Å². The van der Waals surface area contributed by atoms with Crippen molar-refractivity contribution in [3.8, 4) is 11.6 Å². The molecular formula is C24H25Cl2N3O6S2. The smallest absolute Gasteiger partial charge is 0.328 e. The maximum absolute atomic E-state index is 13.5. The van der Waals surface area contributed by atoms with Crippen LogP contribution < -0.4 is 13.8 Å². The van der Waals surface area contributed by atoms with Crippen molar-refractivity contribution in [1.29, 1.82) is 0 Å². The topological polar surface area (TPSA) is 112 Å². The van der Waals surface area contributed by atoms with E-state index in [0.29, 0.717) is 36.3 Å². The summed E-state index contributed by atoms with van der Waals surface area (Å²) in [5.74, 6) is 1.23. The van der Waals surface area contributed by atoms with Gasteiger partial charge in [0.25, 0.3) is 0 Å². The SMILES string of the molecule is C=CCOc1ccc(CC(c2ccsc2[N+](=O)[O-])S(=O)(=O)Oc2ccc(N(CCCl)CCCl)cc2)cn1. The largest absolute Gasteiger partial charge is 0.473 e. The second-order valence-corrected chi connectivity index (χ2v) is 11.0. The molecule has 0 spiro atoms. The maximum atomic E-state index is 13.5. The molecule has 2 aromatic heterocycles. The number of aromatic nitrogens is 1. The molecule has 2 heterocycles. The summed E-state index contributed by atoms with van der Waals surface area (Å²) >= 11 is 12.6. The Morgan fingerprint density at radius 2 is 1.84 bits per heavy atom. The Balaban J connectivity index is 1.89. The lowest BCUT2D eigenvalue weighted by Crippen LogP contribution is -2.27. The van der Waals surface area contributed by atoms with Gasteiger partial charge >= 0.3 is 15.1 Å². The number of thiophene rings is 1. The van der Waals surface area contributed by atoms with Gasteiger partial charge in [0.1, 0.15) is 17.6 Å². The van der Waals surface area contributed by atoms with E-state index in [4.69, 9.17) is 32.1 Å². The summed E-state index contributed by atoms with van der Waals surface area (Å²) in [6.07, 6.45) is 2.95. The van der Waals surface area contributed by atoms with Crippen LogP contribution in [0, 0.1) is 10.1 Å². The van der Waals surface area contributed by atoms with Crippen LogP contribution in [-0.2, 0) is 16.5 Å². The minimum Gasteiger partial charge on any atom is -0.473 e. The lowest BCUT2D eigenvalue weighted by molar-refractivity contribution is -0.380. The van der Waals surface area contributed by atoms with Gasteiger partial charge in [-0.05, 0) is 47.7 Å². The van der Waals surface area contributed by atoms with Gasteiger partial charge in [0.2, 0.25) is 5.88 Å². The molecule has 0 aliphatic heterocycles. The molecule has 0 saturated heterocycles. The number of benzene rings is 1. The van der Waals surface area contributed by atoms with Gasteiger partial charge in [0.05, 0.1) is 10.5 Å². The first-order chi connectivity index (χ1) is 17.8. The molecule has 0 bridgehead atoms. The Morgan fingerprint density at radius 3 is 2.41 bits per heavy atom. The second kappa shape index (κ2) is 13.6. The lowest BCUT2D eigenvalue weighted by atomic mass is 10.1. The molecule has 1 aromatic carbocycles. The van der Waals surface area contributed by atoms with Crippen molar-refractivity contribution in [1.82, 2.24) is 4.98 Å². The van der Waals surface area contributed by atoms with Crippen LogP contribution in [0.4, 0.5) is 10.7 Å². The van der Waals surface area contributed by atoms with Crippen LogP contribution in [0.5, 0.6) is 11.6 Å². The Morgan fingerprint density at radius 1 is 1.14 bits per heavy atom. The molecule has 0 amide bonds. The monoisotopic (exact) mass is 585 g/mol. The Kier molecular flexibility index (Phi) is 10.6. The van der Waals surface area contributed by atoms with E-state index in [2.05, 4.69) is 11.6 Å². The lowest BCUT2D eigenvalue weighted by Gasteiger charge is -2.23. The van der Waals surface area contributed by atoms with Gasteiger partial charge in [-0.1, -0.05) is 30.1 Å². The Labute approximate surface area is 229 Å².